The number of nitrogens with two attached hydrogens (primary N) is 1. The number of anilines is 2. The summed E-state index contributed by atoms with van der Waals surface area (Å²) in [4.78, 5) is 35.3. The van der Waals surface area contributed by atoms with E-state index in [2.05, 4.69) is 20.6 Å². The first-order valence-corrected chi connectivity index (χ1v) is 12.7. The zero-order valence-electron chi connectivity index (χ0n) is 21.0. The van der Waals surface area contributed by atoms with Crippen molar-refractivity contribution >= 4 is 17.5 Å². The summed E-state index contributed by atoms with van der Waals surface area (Å²) in [6.45, 7) is 2.63. The van der Waals surface area contributed by atoms with Crippen molar-refractivity contribution in [3.8, 4) is 11.5 Å². The zero-order chi connectivity index (χ0) is 26.2. The minimum Gasteiger partial charge on any atom is -0.457 e. The molecule has 1 atom stereocenters. The minimum atomic E-state index is -0.590. The highest BCUT2D eigenvalue weighted by atomic mass is 16.5. The summed E-state index contributed by atoms with van der Waals surface area (Å²) in [7, 11) is 0. The smallest absolute Gasteiger partial charge is 0.294 e. The topological polar surface area (TPSA) is 124 Å². The Kier molecular flexibility index (Phi) is 6.03. The Bertz CT molecular complexity index is 1550. The van der Waals surface area contributed by atoms with Crippen LogP contribution in [-0.2, 0) is 17.8 Å². The lowest BCUT2D eigenvalue weighted by Gasteiger charge is -2.28. The van der Waals surface area contributed by atoms with Crippen molar-refractivity contribution in [2.24, 2.45) is 0 Å². The number of carbonyl (C=O) groups excluding carboxylic acids is 1. The summed E-state index contributed by atoms with van der Waals surface area (Å²) >= 11 is 0. The molecular weight excluding hydrogens is 480 g/mol. The van der Waals surface area contributed by atoms with Crippen LogP contribution in [0.1, 0.15) is 46.5 Å². The number of hydrogen-bond donors (Lipinski definition) is 3. The second-order valence-electron chi connectivity index (χ2n) is 9.64. The first-order valence-electron chi connectivity index (χ1n) is 12.7. The molecule has 6 rings (SSSR count). The molecule has 9 heteroatoms. The molecule has 1 amide bonds. The number of nitrogens with zero attached hydrogens (tertiary/aromatic N) is 3. The number of para-hydroxylation sites is 2. The molecule has 0 radical (unpaired) electrons. The van der Waals surface area contributed by atoms with E-state index in [9.17, 15) is 9.59 Å². The Hall–Kier alpha value is -4.66. The fourth-order valence-corrected chi connectivity index (χ4v) is 5.33. The summed E-state index contributed by atoms with van der Waals surface area (Å²) in [6, 6.07) is 18.8. The molecule has 0 bridgehead atoms. The molecule has 2 aliphatic heterocycles. The van der Waals surface area contributed by atoms with Crippen LogP contribution >= 0.6 is 0 Å². The number of nitrogen functional groups attached to an aromatic ring is 1. The maximum atomic E-state index is 13.5. The molecule has 0 spiro atoms. The van der Waals surface area contributed by atoms with E-state index in [-0.39, 0.29) is 23.2 Å². The van der Waals surface area contributed by atoms with E-state index in [4.69, 9.17) is 10.5 Å². The van der Waals surface area contributed by atoms with Crippen LogP contribution in [0.2, 0.25) is 0 Å². The quantitative estimate of drug-likeness (QED) is 0.363. The Morgan fingerprint density at radius 1 is 1.08 bits per heavy atom. The van der Waals surface area contributed by atoms with Gasteiger partial charge in [-0.25, -0.2) is 9.97 Å². The number of fused-ring (bicyclic) bond motifs is 3. The van der Waals surface area contributed by atoms with Crippen molar-refractivity contribution in [2.45, 2.75) is 38.3 Å². The number of aryl methyl sites for hydroxylation is 2. The first kappa shape index (κ1) is 23.7. The van der Waals surface area contributed by atoms with E-state index in [0.717, 1.165) is 39.6 Å². The van der Waals surface area contributed by atoms with E-state index in [1.807, 2.05) is 61.5 Å². The van der Waals surface area contributed by atoms with Crippen molar-refractivity contribution in [3.63, 3.8) is 0 Å². The van der Waals surface area contributed by atoms with Crippen LogP contribution in [0.3, 0.4) is 0 Å². The van der Waals surface area contributed by atoms with Gasteiger partial charge >= 0.3 is 0 Å². The van der Waals surface area contributed by atoms with Crippen molar-refractivity contribution in [2.75, 3.05) is 17.6 Å². The Morgan fingerprint density at radius 2 is 1.79 bits per heavy atom. The molecule has 0 saturated carbocycles. The molecule has 192 valence electrons. The lowest BCUT2D eigenvalue weighted by atomic mass is 9.88. The van der Waals surface area contributed by atoms with Gasteiger partial charge in [0.05, 0.1) is 0 Å². The van der Waals surface area contributed by atoms with E-state index in [0.29, 0.717) is 31.7 Å². The summed E-state index contributed by atoms with van der Waals surface area (Å²) in [6.07, 6.45) is 2.85. The Labute approximate surface area is 219 Å². The van der Waals surface area contributed by atoms with Crippen molar-refractivity contribution in [3.05, 3.63) is 105 Å². The lowest BCUT2D eigenvalue weighted by molar-refractivity contribution is -0.124. The summed E-state index contributed by atoms with van der Waals surface area (Å²) in [5, 5.41) is 6.23. The van der Waals surface area contributed by atoms with E-state index in [1.54, 1.807) is 16.8 Å². The molecule has 0 fully saturated rings. The second kappa shape index (κ2) is 9.66. The van der Waals surface area contributed by atoms with Gasteiger partial charge in [-0.05, 0) is 43.5 Å². The summed E-state index contributed by atoms with van der Waals surface area (Å²) < 4.78 is 7.66. The molecule has 9 nitrogen and oxygen atoms in total. The molecule has 0 aliphatic carbocycles. The van der Waals surface area contributed by atoms with Crippen LogP contribution < -0.4 is 26.7 Å². The van der Waals surface area contributed by atoms with Crippen LogP contribution in [0.4, 0.5) is 11.6 Å². The van der Waals surface area contributed by atoms with E-state index in [1.165, 1.54) is 0 Å². The average molecular weight is 509 g/mol. The number of pyridine rings is 1. The zero-order valence-corrected chi connectivity index (χ0v) is 21.0. The molecule has 4 heterocycles. The predicted molar refractivity (Wildman–Crippen MR) is 144 cm³/mol. The van der Waals surface area contributed by atoms with Gasteiger partial charge < -0.3 is 21.1 Å². The van der Waals surface area contributed by atoms with Crippen LogP contribution in [0.5, 0.6) is 11.5 Å². The van der Waals surface area contributed by atoms with Crippen LogP contribution in [-0.4, -0.2) is 27.0 Å². The molecular formula is C29H28N6O3. The first-order chi connectivity index (χ1) is 18.5. The molecule has 2 aliphatic rings. The lowest BCUT2D eigenvalue weighted by Crippen LogP contribution is -2.36. The monoisotopic (exact) mass is 508 g/mol. The number of carbonyl (C=O) groups is 1. The number of amides is 1. The largest absolute Gasteiger partial charge is 0.457 e. The molecule has 4 N–H and O–H groups in total. The van der Waals surface area contributed by atoms with Gasteiger partial charge in [-0.15, -0.1) is 0 Å². The average Bonchev–Trinajstić information content (AvgIpc) is 3.36. The van der Waals surface area contributed by atoms with Crippen molar-refractivity contribution < 1.29 is 9.53 Å². The molecule has 38 heavy (non-hydrogen) atoms. The molecule has 4 aromatic rings. The molecule has 0 saturated heterocycles. The van der Waals surface area contributed by atoms with E-state index >= 15 is 0 Å². The van der Waals surface area contributed by atoms with Gasteiger partial charge in [0, 0.05) is 47.7 Å². The Balaban J connectivity index is 1.22. The van der Waals surface area contributed by atoms with Gasteiger partial charge in [-0.2, -0.15) is 0 Å². The number of aromatic nitrogens is 3. The van der Waals surface area contributed by atoms with Gasteiger partial charge in [0.25, 0.3) is 5.56 Å². The standard InChI is InChI=1S/C29H28N6O3/c1-17-18(10-13-26(30)34-17)14-33-28(36)23-12-11-19-15-31-27(29(37)35(19)23)32-16-22-20-6-2-4-8-24(20)38-25-9-5-3-7-21(22)25/h2-10,13,15,22-23H,11-12,14,16H2,1H3,(H2,30,34)(H,31,32)(H,33,36)/t23-/m0/s1. The van der Waals surface area contributed by atoms with E-state index < -0.39 is 6.04 Å². The molecule has 2 aromatic carbocycles. The van der Waals surface area contributed by atoms with Gasteiger partial charge in [-0.1, -0.05) is 42.5 Å². The SMILES string of the molecule is Cc1nc(N)ccc1CNC(=O)[C@@H]1CCc2cnc(NCC3c4ccccc4Oc4ccccc43)c(=O)n21. The number of rotatable bonds is 6. The maximum absolute atomic E-state index is 13.5. The third-order valence-corrected chi connectivity index (χ3v) is 7.31. The third-order valence-electron chi connectivity index (χ3n) is 7.31. The highest BCUT2D eigenvalue weighted by Crippen LogP contribution is 2.43. The summed E-state index contributed by atoms with van der Waals surface area (Å²) in [5.74, 6) is 2.06. The van der Waals surface area contributed by atoms with Gasteiger partial charge in [0.1, 0.15) is 23.4 Å². The van der Waals surface area contributed by atoms with Crippen LogP contribution in [0.25, 0.3) is 0 Å². The van der Waals surface area contributed by atoms with Crippen molar-refractivity contribution in [1.29, 1.82) is 0 Å². The highest BCUT2D eigenvalue weighted by Gasteiger charge is 2.31. The Morgan fingerprint density at radius 3 is 2.50 bits per heavy atom. The van der Waals surface area contributed by atoms with Gasteiger partial charge in [0.15, 0.2) is 5.82 Å². The maximum Gasteiger partial charge on any atom is 0.294 e. The number of benzene rings is 2. The third kappa shape index (κ3) is 4.26. The predicted octanol–water partition coefficient (Wildman–Crippen LogP) is 3.68. The highest BCUT2D eigenvalue weighted by molar-refractivity contribution is 5.81. The van der Waals surface area contributed by atoms with Crippen LogP contribution in [0, 0.1) is 6.92 Å². The van der Waals surface area contributed by atoms with Gasteiger partial charge in [-0.3, -0.25) is 14.2 Å². The van der Waals surface area contributed by atoms with Gasteiger partial charge in [0.2, 0.25) is 5.91 Å². The number of ether oxygens (including phenoxy) is 1. The van der Waals surface area contributed by atoms with Crippen molar-refractivity contribution in [1.82, 2.24) is 19.9 Å². The second-order valence-corrected chi connectivity index (χ2v) is 9.64. The fraction of sp³-hybridized carbons (Fsp3) is 0.241. The molecule has 0 unspecified atom stereocenters. The molecule has 2 aromatic heterocycles. The fourth-order valence-electron chi connectivity index (χ4n) is 5.33. The minimum absolute atomic E-state index is 0.0218. The number of hydrogen-bond acceptors (Lipinski definition) is 7. The van der Waals surface area contributed by atoms with Crippen LogP contribution in [0.15, 0.2) is 71.7 Å². The number of nitrogens with one attached hydrogen (secondary N) is 2. The summed E-state index contributed by atoms with van der Waals surface area (Å²) in [5.41, 5.74) is 9.94. The normalized spacial score (nSPS) is 15.7.